The Hall–Kier alpha value is -1.10. The number of hydrogen-bond donors (Lipinski definition) is 2. The average molecular weight is 224 g/mol. The fourth-order valence-electron chi connectivity index (χ4n) is 0.909. The van der Waals surface area contributed by atoms with Gasteiger partial charge in [-0.1, -0.05) is 13.8 Å². The van der Waals surface area contributed by atoms with Crippen LogP contribution in [-0.2, 0) is 0 Å². The zero-order valence-corrected chi connectivity index (χ0v) is 9.84. The van der Waals surface area contributed by atoms with Gasteiger partial charge in [-0.2, -0.15) is 0 Å². The van der Waals surface area contributed by atoms with E-state index in [9.17, 15) is 0 Å². The van der Waals surface area contributed by atoms with Crippen molar-refractivity contribution in [3.05, 3.63) is 18.6 Å². The van der Waals surface area contributed by atoms with Crippen LogP contribution in [0.5, 0.6) is 0 Å². The smallest absolute Gasteiger partial charge is 0.116 e. The van der Waals surface area contributed by atoms with Crippen LogP contribution in [0.15, 0.2) is 23.6 Å². The first-order valence-corrected chi connectivity index (χ1v) is 5.74. The third kappa shape index (κ3) is 3.87. The van der Waals surface area contributed by atoms with E-state index >= 15 is 0 Å². The molecular formula is C10H16N4S. The molecule has 0 amide bonds. The highest BCUT2D eigenvalue weighted by Crippen LogP contribution is 2.24. The zero-order chi connectivity index (χ0) is 11.3. The molecule has 0 saturated heterocycles. The molecule has 1 rings (SSSR count). The van der Waals surface area contributed by atoms with E-state index in [0.717, 1.165) is 17.2 Å². The number of nitrogens with one attached hydrogen (secondary N) is 1. The molecule has 82 valence electrons. The summed E-state index contributed by atoms with van der Waals surface area (Å²) in [6, 6.07) is 1.88. The van der Waals surface area contributed by atoms with Crippen LogP contribution in [-0.4, -0.2) is 21.6 Å². The Morgan fingerprint density at radius 1 is 1.60 bits per heavy atom. The monoisotopic (exact) mass is 224 g/mol. The number of rotatable bonds is 5. The van der Waals surface area contributed by atoms with E-state index in [0.29, 0.717) is 0 Å². The molecule has 0 aliphatic rings. The highest BCUT2D eigenvalue weighted by atomic mass is 32.2. The van der Waals surface area contributed by atoms with Crippen molar-refractivity contribution >= 4 is 17.6 Å². The molecule has 5 heteroatoms. The Balaban J connectivity index is 2.37. The molecule has 0 radical (unpaired) electrons. The third-order valence-electron chi connectivity index (χ3n) is 2.26. The van der Waals surface area contributed by atoms with E-state index in [2.05, 4.69) is 9.97 Å². The van der Waals surface area contributed by atoms with E-state index in [4.69, 9.17) is 11.1 Å². The SMILES string of the molecule is CC(C)(CCSc1ccncn1)C(=N)N. The number of aromatic nitrogens is 2. The van der Waals surface area contributed by atoms with Gasteiger partial charge in [-0.05, 0) is 12.5 Å². The molecule has 0 fully saturated rings. The predicted octanol–water partition coefficient (Wildman–Crippen LogP) is 1.92. The Kier molecular flexibility index (Phi) is 4.08. The van der Waals surface area contributed by atoms with E-state index in [1.807, 2.05) is 19.9 Å². The summed E-state index contributed by atoms with van der Waals surface area (Å²) in [5.41, 5.74) is 5.28. The molecule has 0 unspecified atom stereocenters. The van der Waals surface area contributed by atoms with Crippen molar-refractivity contribution < 1.29 is 0 Å². The van der Waals surface area contributed by atoms with Gasteiger partial charge < -0.3 is 5.73 Å². The molecule has 0 bridgehead atoms. The first-order valence-electron chi connectivity index (χ1n) is 4.76. The minimum atomic E-state index is -0.222. The minimum Gasteiger partial charge on any atom is -0.387 e. The van der Waals surface area contributed by atoms with Crippen LogP contribution in [0.2, 0.25) is 0 Å². The van der Waals surface area contributed by atoms with Crippen molar-refractivity contribution in [1.29, 1.82) is 5.41 Å². The first kappa shape index (κ1) is 12.0. The number of nitrogens with two attached hydrogens (primary N) is 1. The Bertz CT molecular complexity index is 323. The lowest BCUT2D eigenvalue weighted by molar-refractivity contribution is 0.500. The lowest BCUT2D eigenvalue weighted by Crippen LogP contribution is -2.31. The van der Waals surface area contributed by atoms with Gasteiger partial charge in [0.2, 0.25) is 0 Å². The number of thioether (sulfide) groups is 1. The second-order valence-corrected chi connectivity index (χ2v) is 5.06. The van der Waals surface area contributed by atoms with Crippen molar-refractivity contribution in [1.82, 2.24) is 9.97 Å². The van der Waals surface area contributed by atoms with Crippen LogP contribution in [0, 0.1) is 10.8 Å². The van der Waals surface area contributed by atoms with Gasteiger partial charge in [0.15, 0.2) is 0 Å². The van der Waals surface area contributed by atoms with Crippen LogP contribution in [0.3, 0.4) is 0 Å². The van der Waals surface area contributed by atoms with Crippen molar-refractivity contribution in [2.75, 3.05) is 5.75 Å². The predicted molar refractivity (Wildman–Crippen MR) is 63.1 cm³/mol. The van der Waals surface area contributed by atoms with Crippen LogP contribution < -0.4 is 5.73 Å². The van der Waals surface area contributed by atoms with Gasteiger partial charge in [-0.15, -0.1) is 11.8 Å². The molecular weight excluding hydrogens is 208 g/mol. The highest BCUT2D eigenvalue weighted by molar-refractivity contribution is 7.99. The van der Waals surface area contributed by atoms with Gasteiger partial charge in [-0.3, -0.25) is 5.41 Å². The Morgan fingerprint density at radius 2 is 2.33 bits per heavy atom. The lowest BCUT2D eigenvalue weighted by atomic mass is 9.89. The third-order valence-corrected chi connectivity index (χ3v) is 3.21. The van der Waals surface area contributed by atoms with Crippen molar-refractivity contribution in [3.63, 3.8) is 0 Å². The van der Waals surface area contributed by atoms with Gasteiger partial charge >= 0.3 is 0 Å². The summed E-state index contributed by atoms with van der Waals surface area (Å²) in [5.74, 6) is 1.15. The maximum absolute atomic E-state index is 7.42. The highest BCUT2D eigenvalue weighted by Gasteiger charge is 2.20. The average Bonchev–Trinajstić information content (AvgIpc) is 2.19. The molecule has 0 aromatic carbocycles. The molecule has 0 aliphatic heterocycles. The molecule has 1 aromatic heterocycles. The van der Waals surface area contributed by atoms with Gasteiger partial charge in [-0.25, -0.2) is 9.97 Å². The van der Waals surface area contributed by atoms with E-state index in [-0.39, 0.29) is 11.3 Å². The standard InChI is InChI=1S/C10H16N4S/c1-10(2,9(11)12)4-6-15-8-3-5-13-7-14-8/h3,5,7H,4,6H2,1-2H3,(H3,11,12). The topological polar surface area (TPSA) is 75.7 Å². The van der Waals surface area contributed by atoms with Crippen molar-refractivity contribution in [2.45, 2.75) is 25.3 Å². The van der Waals surface area contributed by atoms with Crippen LogP contribution >= 0.6 is 11.8 Å². The zero-order valence-electron chi connectivity index (χ0n) is 9.03. The van der Waals surface area contributed by atoms with E-state index in [1.54, 1.807) is 24.3 Å². The number of amidine groups is 1. The molecule has 0 spiro atoms. The van der Waals surface area contributed by atoms with Crippen LogP contribution in [0.1, 0.15) is 20.3 Å². The summed E-state index contributed by atoms with van der Waals surface area (Å²) >= 11 is 1.66. The normalized spacial score (nSPS) is 11.3. The maximum atomic E-state index is 7.42. The van der Waals surface area contributed by atoms with Crippen molar-refractivity contribution in [3.8, 4) is 0 Å². The fraction of sp³-hybridized carbons (Fsp3) is 0.500. The van der Waals surface area contributed by atoms with Crippen molar-refractivity contribution in [2.24, 2.45) is 11.1 Å². The fourth-order valence-corrected chi connectivity index (χ4v) is 2.01. The van der Waals surface area contributed by atoms with Gasteiger partial charge in [0.25, 0.3) is 0 Å². The van der Waals surface area contributed by atoms with Gasteiger partial charge in [0.1, 0.15) is 6.33 Å². The summed E-state index contributed by atoms with van der Waals surface area (Å²) in [6.45, 7) is 3.96. The summed E-state index contributed by atoms with van der Waals surface area (Å²) in [6.07, 6.45) is 4.14. The largest absolute Gasteiger partial charge is 0.387 e. The van der Waals surface area contributed by atoms with Gasteiger partial charge in [0, 0.05) is 17.4 Å². The van der Waals surface area contributed by atoms with Crippen LogP contribution in [0.4, 0.5) is 0 Å². The Morgan fingerprint density at radius 3 is 2.87 bits per heavy atom. The first-order chi connectivity index (χ1) is 7.02. The minimum absolute atomic E-state index is 0.222. The second-order valence-electron chi connectivity index (χ2n) is 3.94. The molecule has 0 saturated carbocycles. The summed E-state index contributed by atoms with van der Waals surface area (Å²) in [5, 5.41) is 8.39. The number of hydrogen-bond acceptors (Lipinski definition) is 4. The molecule has 4 nitrogen and oxygen atoms in total. The van der Waals surface area contributed by atoms with Crippen LogP contribution in [0.25, 0.3) is 0 Å². The molecule has 1 aromatic rings. The summed E-state index contributed by atoms with van der Waals surface area (Å²) < 4.78 is 0. The second kappa shape index (κ2) is 5.11. The Labute approximate surface area is 94.2 Å². The molecule has 0 atom stereocenters. The molecule has 15 heavy (non-hydrogen) atoms. The summed E-state index contributed by atoms with van der Waals surface area (Å²) in [7, 11) is 0. The number of nitrogens with zero attached hydrogens (tertiary/aromatic N) is 2. The molecule has 0 aliphatic carbocycles. The quantitative estimate of drug-likeness (QED) is 0.347. The molecule has 3 N–H and O–H groups in total. The van der Waals surface area contributed by atoms with E-state index < -0.39 is 0 Å². The van der Waals surface area contributed by atoms with Gasteiger partial charge in [0.05, 0.1) is 10.9 Å². The maximum Gasteiger partial charge on any atom is 0.116 e. The molecule has 1 heterocycles. The summed E-state index contributed by atoms with van der Waals surface area (Å²) in [4.78, 5) is 7.96. The lowest BCUT2D eigenvalue weighted by Gasteiger charge is -2.22. The van der Waals surface area contributed by atoms with E-state index in [1.165, 1.54) is 0 Å².